The van der Waals surface area contributed by atoms with Crippen LogP contribution in [-0.4, -0.2) is 20.5 Å². The molecule has 1 aromatic heterocycles. The van der Waals surface area contributed by atoms with E-state index in [-0.39, 0.29) is 16.6 Å². The lowest BCUT2D eigenvalue weighted by Gasteiger charge is -2.14. The van der Waals surface area contributed by atoms with Crippen molar-refractivity contribution in [1.82, 2.24) is 4.98 Å². The number of aromatic nitrogens is 1. The van der Waals surface area contributed by atoms with Gasteiger partial charge in [0.05, 0.1) is 18.2 Å². The molecule has 0 aliphatic rings. The van der Waals surface area contributed by atoms with Gasteiger partial charge in [-0.05, 0) is 53.1 Å². The van der Waals surface area contributed by atoms with E-state index in [1.807, 2.05) is 0 Å². The number of rotatable bonds is 6. The molecule has 0 bridgehead atoms. The Morgan fingerprint density at radius 3 is 2.39 bits per heavy atom. The summed E-state index contributed by atoms with van der Waals surface area (Å²) in [5.74, 6) is 0.614. The summed E-state index contributed by atoms with van der Waals surface area (Å²) in [6.07, 6.45) is 1.31. The molecule has 0 radical (unpaired) electrons. The van der Waals surface area contributed by atoms with Crippen LogP contribution in [0.15, 0.2) is 82.2 Å². The number of benzene rings is 3. The van der Waals surface area contributed by atoms with Crippen LogP contribution in [0.2, 0.25) is 0 Å². The minimum atomic E-state index is -3.99. The van der Waals surface area contributed by atoms with Gasteiger partial charge in [0.15, 0.2) is 5.89 Å². The van der Waals surface area contributed by atoms with Crippen LogP contribution in [0, 0.1) is 12.7 Å². The highest BCUT2D eigenvalue weighted by Crippen LogP contribution is 2.34. The van der Waals surface area contributed by atoms with Gasteiger partial charge in [-0.2, -0.15) is 0 Å². The maximum absolute atomic E-state index is 13.3. The standard InChI is InChI=1S/C23H19FN2O4S/c1-15-25-14-23(30-15)26-31(27,28)22-11-8-17(16-6-9-19(24)10-7-16)13-21(22)18-4-3-5-20(12-18)29-2/h3-14,26H,1-2H3. The summed E-state index contributed by atoms with van der Waals surface area (Å²) in [5, 5.41) is 0. The Hall–Kier alpha value is -3.65. The van der Waals surface area contributed by atoms with Crippen molar-refractivity contribution in [2.45, 2.75) is 11.8 Å². The maximum atomic E-state index is 13.3. The zero-order valence-electron chi connectivity index (χ0n) is 16.8. The van der Waals surface area contributed by atoms with Crippen molar-refractivity contribution < 1.29 is 22.0 Å². The summed E-state index contributed by atoms with van der Waals surface area (Å²) in [4.78, 5) is 3.97. The Morgan fingerprint density at radius 1 is 0.968 bits per heavy atom. The Morgan fingerprint density at radius 2 is 1.71 bits per heavy atom. The molecule has 0 aliphatic carbocycles. The summed E-state index contributed by atoms with van der Waals surface area (Å²) in [6.45, 7) is 1.62. The van der Waals surface area contributed by atoms with Crippen LogP contribution in [0.3, 0.4) is 0 Å². The van der Waals surface area contributed by atoms with Gasteiger partial charge in [0.2, 0.25) is 5.88 Å². The number of ether oxygens (including phenoxy) is 1. The quantitative estimate of drug-likeness (QED) is 0.444. The molecular weight excluding hydrogens is 419 g/mol. The molecule has 1 heterocycles. The van der Waals surface area contributed by atoms with Gasteiger partial charge >= 0.3 is 0 Å². The second kappa shape index (κ2) is 8.23. The Kier molecular flexibility index (Phi) is 5.48. The van der Waals surface area contributed by atoms with Gasteiger partial charge in [-0.1, -0.05) is 30.3 Å². The molecule has 0 amide bonds. The lowest BCUT2D eigenvalue weighted by molar-refractivity contribution is 0.415. The number of nitrogens with one attached hydrogen (secondary N) is 1. The zero-order valence-corrected chi connectivity index (χ0v) is 17.6. The number of aryl methyl sites for hydroxylation is 1. The molecule has 0 spiro atoms. The SMILES string of the molecule is COc1cccc(-c2cc(-c3ccc(F)cc3)ccc2S(=O)(=O)Nc2cnc(C)o2)c1. The van der Waals surface area contributed by atoms with Crippen LogP contribution in [0.5, 0.6) is 5.75 Å². The molecule has 158 valence electrons. The van der Waals surface area contributed by atoms with Crippen molar-refractivity contribution in [2.24, 2.45) is 0 Å². The number of anilines is 1. The van der Waals surface area contributed by atoms with E-state index in [1.165, 1.54) is 24.4 Å². The summed E-state index contributed by atoms with van der Waals surface area (Å²) < 4.78 is 52.7. The Balaban J connectivity index is 1.86. The monoisotopic (exact) mass is 438 g/mol. The first kappa shape index (κ1) is 20.6. The predicted octanol–water partition coefficient (Wildman–Crippen LogP) is 5.27. The average molecular weight is 438 g/mol. The van der Waals surface area contributed by atoms with Gasteiger partial charge in [-0.15, -0.1) is 0 Å². The number of sulfonamides is 1. The van der Waals surface area contributed by atoms with Crippen LogP contribution in [0.4, 0.5) is 10.3 Å². The number of hydrogen-bond donors (Lipinski definition) is 1. The largest absolute Gasteiger partial charge is 0.497 e. The van der Waals surface area contributed by atoms with E-state index in [9.17, 15) is 12.8 Å². The minimum absolute atomic E-state index is 0.0247. The molecule has 4 rings (SSSR count). The molecule has 3 aromatic carbocycles. The molecular formula is C23H19FN2O4S. The lowest BCUT2D eigenvalue weighted by atomic mass is 9.99. The van der Waals surface area contributed by atoms with Crippen molar-refractivity contribution in [1.29, 1.82) is 0 Å². The van der Waals surface area contributed by atoms with Crippen LogP contribution in [0.25, 0.3) is 22.3 Å². The van der Waals surface area contributed by atoms with Gasteiger partial charge in [-0.25, -0.2) is 22.5 Å². The number of methoxy groups -OCH3 is 1. The maximum Gasteiger partial charge on any atom is 0.264 e. The van der Waals surface area contributed by atoms with Gasteiger partial charge in [0.25, 0.3) is 10.0 Å². The van der Waals surface area contributed by atoms with E-state index in [0.717, 1.165) is 11.1 Å². The summed E-state index contributed by atoms with van der Waals surface area (Å²) >= 11 is 0. The fraction of sp³-hybridized carbons (Fsp3) is 0.0870. The van der Waals surface area contributed by atoms with E-state index in [2.05, 4.69) is 9.71 Å². The molecule has 0 aliphatic heterocycles. The molecule has 0 saturated heterocycles. The van der Waals surface area contributed by atoms with Gasteiger partial charge in [0.1, 0.15) is 11.6 Å². The third-order valence-corrected chi connectivity index (χ3v) is 6.09. The van der Waals surface area contributed by atoms with E-state index < -0.39 is 10.0 Å². The first-order valence-electron chi connectivity index (χ1n) is 9.35. The highest BCUT2D eigenvalue weighted by Gasteiger charge is 2.22. The fourth-order valence-corrected chi connectivity index (χ4v) is 4.38. The number of oxazole rings is 1. The third-order valence-electron chi connectivity index (χ3n) is 4.68. The van der Waals surface area contributed by atoms with Crippen molar-refractivity contribution in [3.63, 3.8) is 0 Å². The molecule has 0 saturated carbocycles. The van der Waals surface area contributed by atoms with Crippen LogP contribution in [-0.2, 0) is 10.0 Å². The average Bonchev–Trinajstić information content (AvgIpc) is 3.17. The molecule has 0 atom stereocenters. The Labute approximate surface area is 179 Å². The fourth-order valence-electron chi connectivity index (χ4n) is 3.20. The first-order valence-corrected chi connectivity index (χ1v) is 10.8. The van der Waals surface area contributed by atoms with Crippen molar-refractivity contribution in [3.05, 3.63) is 84.6 Å². The van der Waals surface area contributed by atoms with Crippen molar-refractivity contribution in [3.8, 4) is 28.0 Å². The van der Waals surface area contributed by atoms with Crippen molar-refractivity contribution >= 4 is 15.9 Å². The second-order valence-corrected chi connectivity index (χ2v) is 8.45. The smallest absolute Gasteiger partial charge is 0.264 e. The van der Waals surface area contributed by atoms with Gasteiger partial charge in [0, 0.05) is 12.5 Å². The van der Waals surface area contributed by atoms with Gasteiger partial charge < -0.3 is 9.15 Å². The summed E-state index contributed by atoms with van der Waals surface area (Å²) in [7, 11) is -2.45. The topological polar surface area (TPSA) is 81.4 Å². The normalized spacial score (nSPS) is 11.3. The third kappa shape index (κ3) is 4.44. The lowest BCUT2D eigenvalue weighted by Crippen LogP contribution is -2.13. The summed E-state index contributed by atoms with van der Waals surface area (Å²) in [6, 6.07) is 18.1. The molecule has 8 heteroatoms. The zero-order chi connectivity index (χ0) is 22.0. The molecule has 4 aromatic rings. The predicted molar refractivity (Wildman–Crippen MR) is 116 cm³/mol. The van der Waals surface area contributed by atoms with Crippen molar-refractivity contribution in [2.75, 3.05) is 11.8 Å². The van der Waals surface area contributed by atoms with Crippen LogP contribution < -0.4 is 9.46 Å². The molecule has 0 fully saturated rings. The number of hydrogen-bond acceptors (Lipinski definition) is 5. The molecule has 1 N–H and O–H groups in total. The number of nitrogens with zero attached hydrogens (tertiary/aromatic N) is 1. The Bertz CT molecular complexity index is 1330. The highest BCUT2D eigenvalue weighted by molar-refractivity contribution is 7.92. The minimum Gasteiger partial charge on any atom is -0.497 e. The molecule has 0 unspecified atom stereocenters. The number of halogens is 1. The highest BCUT2D eigenvalue weighted by atomic mass is 32.2. The summed E-state index contributed by atoms with van der Waals surface area (Å²) in [5.41, 5.74) is 2.61. The molecule has 6 nitrogen and oxygen atoms in total. The van der Waals surface area contributed by atoms with Gasteiger partial charge in [-0.3, -0.25) is 0 Å². The van der Waals surface area contributed by atoms with E-state index in [1.54, 1.807) is 62.6 Å². The van der Waals surface area contributed by atoms with Crippen LogP contribution >= 0.6 is 0 Å². The van der Waals surface area contributed by atoms with E-state index >= 15 is 0 Å². The van der Waals surface area contributed by atoms with Crippen LogP contribution in [0.1, 0.15) is 5.89 Å². The van der Waals surface area contributed by atoms with E-state index in [0.29, 0.717) is 22.8 Å². The first-order chi connectivity index (χ1) is 14.9. The second-order valence-electron chi connectivity index (χ2n) is 6.80. The molecule has 31 heavy (non-hydrogen) atoms. The van der Waals surface area contributed by atoms with E-state index in [4.69, 9.17) is 9.15 Å².